The molecule has 1 aliphatic heterocycles. The Balaban J connectivity index is 2.13. The maximum Gasteiger partial charge on any atom is 0.219 e. The Labute approximate surface area is 120 Å². The maximum atomic E-state index is 12.6. The van der Waals surface area contributed by atoms with E-state index in [2.05, 4.69) is 4.98 Å². The van der Waals surface area contributed by atoms with Gasteiger partial charge in [0.15, 0.2) is 0 Å². The largest absolute Gasteiger partial charge is 0.383 e. The van der Waals surface area contributed by atoms with Crippen LogP contribution in [0.3, 0.4) is 0 Å². The zero-order valence-corrected chi connectivity index (χ0v) is 13.1. The second kappa shape index (κ2) is 6.24. The predicted octanol–water partition coefficient (Wildman–Crippen LogP) is 1.02. The van der Waals surface area contributed by atoms with Crippen molar-refractivity contribution < 1.29 is 13.2 Å². The minimum atomic E-state index is -3.29. The van der Waals surface area contributed by atoms with Gasteiger partial charge in [0, 0.05) is 38.6 Å². The lowest BCUT2D eigenvalue weighted by Crippen LogP contribution is -2.43. The van der Waals surface area contributed by atoms with Crippen LogP contribution < -0.4 is 0 Å². The molecule has 6 nitrogen and oxygen atoms in total. The number of nitrogens with zero attached hydrogens (tertiary/aromatic N) is 3. The Hall–Kier alpha value is -0.920. The summed E-state index contributed by atoms with van der Waals surface area (Å²) < 4.78 is 33.8. The highest BCUT2D eigenvalue weighted by atomic mass is 32.2. The van der Waals surface area contributed by atoms with Gasteiger partial charge in [0.1, 0.15) is 5.82 Å². The lowest BCUT2D eigenvalue weighted by atomic mass is 10.2. The number of aryl methyl sites for hydroxylation is 1. The van der Waals surface area contributed by atoms with Crippen LogP contribution in [-0.2, 0) is 21.3 Å². The van der Waals surface area contributed by atoms with Crippen LogP contribution in [0.25, 0.3) is 0 Å². The van der Waals surface area contributed by atoms with Gasteiger partial charge in [-0.3, -0.25) is 0 Å². The van der Waals surface area contributed by atoms with Gasteiger partial charge in [0.2, 0.25) is 10.0 Å². The van der Waals surface area contributed by atoms with Crippen molar-refractivity contribution in [3.63, 3.8) is 0 Å². The Morgan fingerprint density at radius 2 is 2.30 bits per heavy atom. The molecular formula is C13H23N3O3S. The predicted molar refractivity (Wildman–Crippen MR) is 76.9 cm³/mol. The molecule has 1 aromatic heterocycles. The minimum absolute atomic E-state index is 0.0206. The number of methoxy groups -OCH3 is 1. The highest BCUT2D eigenvalue weighted by Gasteiger charge is 2.37. The van der Waals surface area contributed by atoms with Gasteiger partial charge in [-0.05, 0) is 26.7 Å². The van der Waals surface area contributed by atoms with Crippen molar-refractivity contribution in [3.05, 3.63) is 18.2 Å². The summed E-state index contributed by atoms with van der Waals surface area (Å²) in [6.45, 7) is 5.15. The first-order valence-electron chi connectivity index (χ1n) is 6.94. The van der Waals surface area contributed by atoms with E-state index < -0.39 is 15.3 Å². The van der Waals surface area contributed by atoms with Crippen LogP contribution in [-0.4, -0.2) is 53.8 Å². The maximum absolute atomic E-state index is 12.6. The molecule has 1 fully saturated rings. The van der Waals surface area contributed by atoms with E-state index in [9.17, 15) is 8.42 Å². The van der Waals surface area contributed by atoms with Gasteiger partial charge in [-0.15, -0.1) is 0 Å². The van der Waals surface area contributed by atoms with Crippen molar-refractivity contribution in [1.29, 1.82) is 0 Å². The highest BCUT2D eigenvalue weighted by Crippen LogP contribution is 2.25. The molecule has 0 amide bonds. The van der Waals surface area contributed by atoms with Gasteiger partial charge in [-0.25, -0.2) is 13.4 Å². The first-order valence-corrected chi connectivity index (χ1v) is 8.44. The summed E-state index contributed by atoms with van der Waals surface area (Å²) in [5.74, 6) is 0.916. The molecule has 20 heavy (non-hydrogen) atoms. The molecule has 114 valence electrons. The van der Waals surface area contributed by atoms with E-state index in [0.29, 0.717) is 13.1 Å². The van der Waals surface area contributed by atoms with Crippen LogP contribution in [0, 0.1) is 6.92 Å². The number of hydrogen-bond acceptors (Lipinski definition) is 4. The number of ether oxygens (including phenoxy) is 1. The van der Waals surface area contributed by atoms with Crippen LogP contribution in [0.15, 0.2) is 12.4 Å². The molecule has 0 spiro atoms. The molecule has 7 heteroatoms. The van der Waals surface area contributed by atoms with Crippen molar-refractivity contribution in [3.8, 4) is 0 Å². The van der Waals surface area contributed by atoms with Gasteiger partial charge >= 0.3 is 0 Å². The minimum Gasteiger partial charge on any atom is -0.383 e. The molecule has 1 aliphatic rings. The van der Waals surface area contributed by atoms with E-state index in [1.54, 1.807) is 17.4 Å². The molecule has 1 aromatic rings. The molecule has 0 bridgehead atoms. The third-order valence-electron chi connectivity index (χ3n) is 3.89. The molecule has 0 aromatic carbocycles. The van der Waals surface area contributed by atoms with Crippen molar-refractivity contribution in [2.24, 2.45) is 0 Å². The number of sulfonamides is 1. The van der Waals surface area contributed by atoms with Crippen LogP contribution in [0.4, 0.5) is 0 Å². The van der Waals surface area contributed by atoms with Crippen molar-refractivity contribution in [2.75, 3.05) is 20.3 Å². The third-order valence-corrected chi connectivity index (χ3v) is 6.18. The van der Waals surface area contributed by atoms with Crippen LogP contribution >= 0.6 is 0 Å². The number of aromatic nitrogens is 2. The number of rotatable bonds is 6. The van der Waals surface area contributed by atoms with Crippen molar-refractivity contribution in [2.45, 2.75) is 44.5 Å². The summed E-state index contributed by atoms with van der Waals surface area (Å²) >= 11 is 0. The summed E-state index contributed by atoms with van der Waals surface area (Å²) in [4.78, 5) is 4.19. The Kier molecular flexibility index (Phi) is 4.82. The molecule has 0 saturated carbocycles. The summed E-state index contributed by atoms with van der Waals surface area (Å²) in [5.41, 5.74) is 0. The molecule has 2 heterocycles. The number of hydrogen-bond donors (Lipinski definition) is 0. The van der Waals surface area contributed by atoms with Gasteiger partial charge in [0.25, 0.3) is 0 Å². The van der Waals surface area contributed by atoms with E-state index in [0.717, 1.165) is 18.7 Å². The zero-order chi connectivity index (χ0) is 14.8. The quantitative estimate of drug-likeness (QED) is 0.787. The Bertz CT molecular complexity index is 541. The summed E-state index contributed by atoms with van der Waals surface area (Å²) in [7, 11) is -1.76. The van der Waals surface area contributed by atoms with Crippen molar-refractivity contribution in [1.82, 2.24) is 13.9 Å². The van der Waals surface area contributed by atoms with Gasteiger partial charge in [0.05, 0.1) is 11.9 Å². The molecule has 0 aliphatic carbocycles. The van der Waals surface area contributed by atoms with Crippen LogP contribution in [0.2, 0.25) is 0 Å². The first kappa shape index (κ1) is 15.5. The average Bonchev–Trinajstić information content (AvgIpc) is 3.00. The molecule has 0 N–H and O–H groups in total. The number of imidazole rings is 1. The fraction of sp³-hybridized carbons (Fsp3) is 0.769. The van der Waals surface area contributed by atoms with Crippen LogP contribution in [0.5, 0.6) is 0 Å². The lowest BCUT2D eigenvalue weighted by Gasteiger charge is -2.27. The molecule has 2 atom stereocenters. The second-order valence-corrected chi connectivity index (χ2v) is 7.65. The van der Waals surface area contributed by atoms with E-state index >= 15 is 0 Å². The fourth-order valence-electron chi connectivity index (χ4n) is 2.70. The standard InChI is InChI=1S/C13H23N3O3S/c1-11(10-19-3)20(17,18)16-7-4-5-13(16)9-15-8-6-14-12(15)2/h6,8,11,13H,4-5,7,9-10H2,1-3H3/t11-,13+/m1/s1. The van der Waals surface area contributed by atoms with Gasteiger partial charge in [-0.1, -0.05) is 0 Å². The zero-order valence-electron chi connectivity index (χ0n) is 12.3. The van der Waals surface area contributed by atoms with Gasteiger partial charge in [-0.2, -0.15) is 4.31 Å². The van der Waals surface area contributed by atoms with E-state index in [4.69, 9.17) is 4.74 Å². The SMILES string of the molecule is COC[C@@H](C)S(=O)(=O)N1CCC[C@H]1Cn1ccnc1C. The highest BCUT2D eigenvalue weighted by molar-refractivity contribution is 7.89. The third kappa shape index (κ3) is 3.05. The monoisotopic (exact) mass is 301 g/mol. The van der Waals surface area contributed by atoms with Gasteiger partial charge < -0.3 is 9.30 Å². The molecular weight excluding hydrogens is 278 g/mol. The summed E-state index contributed by atoms with van der Waals surface area (Å²) in [6.07, 6.45) is 5.46. The lowest BCUT2D eigenvalue weighted by molar-refractivity contribution is 0.197. The molecule has 2 rings (SSSR count). The first-order chi connectivity index (χ1) is 9.46. The van der Waals surface area contributed by atoms with E-state index in [1.165, 1.54) is 7.11 Å². The summed E-state index contributed by atoms with van der Waals surface area (Å²) in [5, 5.41) is -0.503. The second-order valence-electron chi connectivity index (χ2n) is 5.34. The van der Waals surface area contributed by atoms with Crippen molar-refractivity contribution >= 4 is 10.0 Å². The summed E-state index contributed by atoms with van der Waals surface area (Å²) in [6, 6.07) is 0.0206. The average molecular weight is 301 g/mol. The normalized spacial score (nSPS) is 22.2. The molecule has 0 radical (unpaired) electrons. The van der Waals surface area contributed by atoms with E-state index in [-0.39, 0.29) is 12.6 Å². The Morgan fingerprint density at radius 3 is 2.90 bits per heavy atom. The Morgan fingerprint density at radius 1 is 1.55 bits per heavy atom. The van der Waals surface area contributed by atoms with Crippen LogP contribution in [0.1, 0.15) is 25.6 Å². The fourth-order valence-corrected chi connectivity index (χ4v) is 4.44. The molecule has 0 unspecified atom stereocenters. The topological polar surface area (TPSA) is 64.4 Å². The smallest absolute Gasteiger partial charge is 0.219 e. The molecule has 1 saturated heterocycles. The van der Waals surface area contributed by atoms with E-state index in [1.807, 2.05) is 17.7 Å².